The van der Waals surface area contributed by atoms with E-state index in [0.29, 0.717) is 4.31 Å². The van der Waals surface area contributed by atoms with Gasteiger partial charge in [0.1, 0.15) is 30.0 Å². The minimum absolute atomic E-state index is 0.297. The topological polar surface area (TPSA) is 221 Å². The van der Waals surface area contributed by atoms with Gasteiger partial charge in [0.2, 0.25) is 0 Å². The Morgan fingerprint density at radius 1 is 0.894 bits per heavy atom. The van der Waals surface area contributed by atoms with Gasteiger partial charge in [0.25, 0.3) is 15.7 Å². The molecule has 0 radical (unpaired) electrons. The summed E-state index contributed by atoms with van der Waals surface area (Å²) in [6.07, 6.45) is -8.12. The van der Waals surface area contributed by atoms with Crippen LogP contribution in [0, 0.1) is 10.1 Å². The van der Waals surface area contributed by atoms with Crippen molar-refractivity contribution in [1.29, 1.82) is 0 Å². The predicted molar refractivity (Wildman–Crippen MR) is 159 cm³/mol. The van der Waals surface area contributed by atoms with Crippen molar-refractivity contribution in [3.8, 4) is 0 Å². The van der Waals surface area contributed by atoms with Gasteiger partial charge in [0.05, 0.1) is 11.3 Å². The van der Waals surface area contributed by atoms with Crippen molar-refractivity contribution in [3.63, 3.8) is 0 Å². The van der Waals surface area contributed by atoms with E-state index in [2.05, 4.69) is 0 Å². The van der Waals surface area contributed by atoms with Gasteiger partial charge in [-0.15, -0.1) is 0 Å². The van der Waals surface area contributed by atoms with Gasteiger partial charge in [0, 0.05) is 26.8 Å². The Labute approximate surface area is 271 Å². The Morgan fingerprint density at radius 2 is 1.43 bits per heavy atom. The number of carbonyl (C=O) groups excluding carboxylic acids is 5. The fraction of sp³-hybridized carbons (Fsp3) is 0.621. The largest absolute Gasteiger partial charge is 0.463 e. The molecule has 0 bridgehead atoms. The van der Waals surface area contributed by atoms with Crippen LogP contribution in [0.1, 0.15) is 68.7 Å². The van der Waals surface area contributed by atoms with Gasteiger partial charge >= 0.3 is 29.8 Å². The average Bonchev–Trinajstić information content (AvgIpc) is 3.19. The first-order chi connectivity index (χ1) is 21.4. The molecule has 1 aliphatic rings. The molecule has 1 aromatic carbocycles. The SMILES string of the molecule is CC(=O)OC[C@@H]1O[C@@H](N([C@@H](CC(=O)OC(C)(C)C)C(=O)OC(C)(C)C)S(=O)(=O)c2ccccc2[N+](=O)[O-])[C@H](OC(C)=O)[C@H]1OC(C)=O. The molecule has 0 aromatic heterocycles. The summed E-state index contributed by atoms with van der Waals surface area (Å²) in [5.41, 5.74) is -3.26. The van der Waals surface area contributed by atoms with E-state index in [4.69, 9.17) is 28.4 Å². The molecule has 1 aromatic rings. The summed E-state index contributed by atoms with van der Waals surface area (Å²) in [5, 5.41) is 12.0. The number of ether oxygens (including phenoxy) is 6. The van der Waals surface area contributed by atoms with Crippen LogP contribution >= 0.6 is 0 Å². The standard InChI is InChI=1S/C29H40N2O15S/c1-16(32)41-15-21-24(42-17(2)33)25(43-18(3)34)26(44-21)30(47(39,40)22-13-11-10-12-19(22)31(37)38)20(27(36)46-29(7,8)9)14-23(35)45-28(4,5)6/h10-13,20-21,24-26H,14-15H2,1-9H3/t20-,21-,24-,25+,26+/m0/s1. The highest BCUT2D eigenvalue weighted by molar-refractivity contribution is 7.89. The van der Waals surface area contributed by atoms with Crippen molar-refractivity contribution in [3.05, 3.63) is 34.4 Å². The van der Waals surface area contributed by atoms with Crippen LogP contribution in [0.3, 0.4) is 0 Å². The van der Waals surface area contributed by atoms with Crippen molar-refractivity contribution in [2.45, 2.75) is 115 Å². The summed E-state index contributed by atoms with van der Waals surface area (Å²) in [4.78, 5) is 73.2. The van der Waals surface area contributed by atoms with Gasteiger partial charge in [-0.3, -0.25) is 34.1 Å². The molecule has 0 amide bonds. The molecule has 1 aliphatic heterocycles. The minimum Gasteiger partial charge on any atom is -0.463 e. The first-order valence-electron chi connectivity index (χ1n) is 14.3. The molecule has 2 rings (SSSR count). The molecular weight excluding hydrogens is 648 g/mol. The average molecular weight is 689 g/mol. The Morgan fingerprint density at radius 3 is 1.91 bits per heavy atom. The molecule has 18 heteroatoms. The van der Waals surface area contributed by atoms with E-state index in [1.807, 2.05) is 0 Å². The monoisotopic (exact) mass is 688 g/mol. The van der Waals surface area contributed by atoms with E-state index in [1.54, 1.807) is 0 Å². The van der Waals surface area contributed by atoms with Gasteiger partial charge in [-0.05, 0) is 47.6 Å². The first-order valence-corrected chi connectivity index (χ1v) is 15.7. The van der Waals surface area contributed by atoms with E-state index in [-0.39, 0.29) is 0 Å². The van der Waals surface area contributed by atoms with Crippen molar-refractivity contribution < 1.29 is 65.7 Å². The van der Waals surface area contributed by atoms with E-state index < -0.39 is 110 Å². The molecule has 0 N–H and O–H groups in total. The maximum atomic E-state index is 14.6. The number of para-hydroxylation sites is 1. The van der Waals surface area contributed by atoms with Crippen molar-refractivity contribution in [2.75, 3.05) is 6.61 Å². The highest BCUT2D eigenvalue weighted by Gasteiger charge is 2.58. The number of nitro benzene ring substituents is 1. The number of rotatable bonds is 12. The Bertz CT molecular complexity index is 1480. The van der Waals surface area contributed by atoms with Crippen LogP contribution in [0.4, 0.5) is 5.69 Å². The lowest BCUT2D eigenvalue weighted by molar-refractivity contribution is -0.387. The number of carbonyl (C=O) groups is 5. The van der Waals surface area contributed by atoms with Gasteiger partial charge in [-0.2, -0.15) is 4.31 Å². The molecule has 0 unspecified atom stereocenters. The number of nitro groups is 1. The molecule has 0 saturated carbocycles. The summed E-state index contributed by atoms with van der Waals surface area (Å²) in [6, 6.07) is 2.00. The van der Waals surface area contributed by atoms with Gasteiger partial charge < -0.3 is 28.4 Å². The zero-order valence-electron chi connectivity index (χ0n) is 27.5. The minimum atomic E-state index is -5.31. The van der Waals surface area contributed by atoms with E-state index in [9.17, 15) is 42.5 Å². The quantitative estimate of drug-likeness (QED) is 0.133. The van der Waals surface area contributed by atoms with Crippen molar-refractivity contribution in [1.82, 2.24) is 4.31 Å². The lowest BCUT2D eigenvalue weighted by Gasteiger charge is -2.36. The summed E-state index contributed by atoms with van der Waals surface area (Å²) in [5.74, 6) is -5.13. The van der Waals surface area contributed by atoms with Crippen LogP contribution in [0.15, 0.2) is 29.2 Å². The van der Waals surface area contributed by atoms with Crippen LogP contribution in [0.25, 0.3) is 0 Å². The fourth-order valence-electron chi connectivity index (χ4n) is 4.51. The summed E-state index contributed by atoms with van der Waals surface area (Å²) < 4.78 is 62.0. The third kappa shape index (κ3) is 11.0. The number of nitrogens with zero attached hydrogens (tertiary/aromatic N) is 2. The normalized spacial score (nSPS) is 20.6. The Hall–Kier alpha value is -4.16. The predicted octanol–water partition coefficient (Wildman–Crippen LogP) is 2.18. The number of hydrogen-bond acceptors (Lipinski definition) is 15. The number of esters is 5. The van der Waals surface area contributed by atoms with Crippen molar-refractivity contribution in [2.24, 2.45) is 0 Å². The second kappa shape index (κ2) is 15.2. The molecule has 5 atom stereocenters. The van der Waals surface area contributed by atoms with Crippen LogP contribution in [-0.4, -0.2) is 95.9 Å². The molecule has 17 nitrogen and oxygen atoms in total. The zero-order chi connectivity index (χ0) is 36.1. The maximum absolute atomic E-state index is 14.6. The molecule has 1 saturated heterocycles. The van der Waals surface area contributed by atoms with Crippen molar-refractivity contribution >= 4 is 45.6 Å². The van der Waals surface area contributed by atoms with Gasteiger partial charge in [-0.1, -0.05) is 12.1 Å². The third-order valence-corrected chi connectivity index (χ3v) is 7.89. The van der Waals surface area contributed by atoms with E-state index in [1.165, 1.54) is 53.7 Å². The molecule has 0 spiro atoms. The summed E-state index contributed by atoms with van der Waals surface area (Å²) >= 11 is 0. The van der Waals surface area contributed by atoms with Crippen LogP contribution in [0.5, 0.6) is 0 Å². The Balaban J connectivity index is 2.99. The number of hydrogen-bond donors (Lipinski definition) is 0. The number of benzene rings is 1. The van der Waals surface area contributed by atoms with Crippen LogP contribution in [-0.2, 0) is 62.4 Å². The Kier molecular flexibility index (Phi) is 12.6. The van der Waals surface area contributed by atoms with E-state index in [0.717, 1.165) is 32.9 Å². The first kappa shape index (κ1) is 39.0. The maximum Gasteiger partial charge on any atom is 0.325 e. The lowest BCUT2D eigenvalue weighted by atomic mass is 10.1. The molecule has 1 heterocycles. The smallest absolute Gasteiger partial charge is 0.325 e. The van der Waals surface area contributed by atoms with Crippen LogP contribution < -0.4 is 0 Å². The second-order valence-electron chi connectivity index (χ2n) is 12.4. The van der Waals surface area contributed by atoms with Gasteiger partial charge in [0.15, 0.2) is 23.3 Å². The highest BCUT2D eigenvalue weighted by Crippen LogP contribution is 2.38. The van der Waals surface area contributed by atoms with Crippen LogP contribution in [0.2, 0.25) is 0 Å². The molecule has 262 valence electrons. The lowest BCUT2D eigenvalue weighted by Crippen LogP contribution is -2.57. The number of sulfonamides is 1. The van der Waals surface area contributed by atoms with Gasteiger partial charge in [-0.25, -0.2) is 8.42 Å². The second-order valence-corrected chi connectivity index (χ2v) is 14.2. The molecule has 47 heavy (non-hydrogen) atoms. The molecule has 1 fully saturated rings. The molecule has 0 aliphatic carbocycles. The summed E-state index contributed by atoms with van der Waals surface area (Å²) in [7, 11) is -5.31. The molecular formula is C29H40N2O15S. The summed E-state index contributed by atoms with van der Waals surface area (Å²) in [6.45, 7) is 11.3. The van der Waals surface area contributed by atoms with E-state index >= 15 is 0 Å². The highest BCUT2D eigenvalue weighted by atomic mass is 32.2. The third-order valence-electron chi connectivity index (χ3n) is 5.97. The zero-order valence-corrected chi connectivity index (χ0v) is 28.4. The fourth-order valence-corrected chi connectivity index (χ4v) is 6.33.